The molecule has 6 nitrogen and oxygen atoms in total. The molecule has 118 valence electrons. The zero-order chi connectivity index (χ0) is 16.2. The Bertz CT molecular complexity index is 541. The number of carbonyl (C=O) groups is 2. The number of halogens is 1. The first-order valence-corrected chi connectivity index (χ1v) is 7.34. The SMILES string of the molecule is CCOC(=O)C(CC)(Cc1c(Cl)c(C)nn1CC)C(=O)O. The Balaban J connectivity index is 3.31. The summed E-state index contributed by atoms with van der Waals surface area (Å²) >= 11 is 6.21. The molecule has 0 fully saturated rings. The highest BCUT2D eigenvalue weighted by atomic mass is 35.5. The number of aromatic nitrogens is 2. The van der Waals surface area contributed by atoms with Gasteiger partial charge in [0.2, 0.25) is 0 Å². The average Bonchev–Trinajstić information content (AvgIpc) is 2.71. The van der Waals surface area contributed by atoms with E-state index < -0.39 is 17.4 Å². The molecule has 1 aromatic heterocycles. The van der Waals surface area contributed by atoms with Crippen LogP contribution in [-0.4, -0.2) is 33.4 Å². The minimum atomic E-state index is -1.64. The third kappa shape index (κ3) is 3.20. The molecule has 0 aliphatic rings. The maximum absolute atomic E-state index is 12.2. The smallest absolute Gasteiger partial charge is 0.323 e. The molecule has 0 aromatic carbocycles. The van der Waals surface area contributed by atoms with Crippen molar-refractivity contribution in [3.05, 3.63) is 16.4 Å². The van der Waals surface area contributed by atoms with Crippen LogP contribution in [0.25, 0.3) is 0 Å². The van der Waals surface area contributed by atoms with Crippen molar-refractivity contribution in [3.8, 4) is 0 Å². The third-order valence-corrected chi connectivity index (χ3v) is 4.09. The molecule has 0 saturated heterocycles. The quantitative estimate of drug-likeness (QED) is 0.617. The summed E-state index contributed by atoms with van der Waals surface area (Å²) in [4.78, 5) is 23.9. The predicted octanol–water partition coefficient (Wildman–Crippen LogP) is 2.45. The van der Waals surface area contributed by atoms with E-state index in [1.54, 1.807) is 25.5 Å². The number of rotatable bonds is 7. The molecular formula is C14H21ClN2O4. The lowest BCUT2D eigenvalue weighted by atomic mass is 9.80. The van der Waals surface area contributed by atoms with Gasteiger partial charge in [0.05, 0.1) is 23.0 Å². The minimum Gasteiger partial charge on any atom is -0.480 e. The number of aryl methyl sites for hydroxylation is 2. The second kappa shape index (κ2) is 6.93. The van der Waals surface area contributed by atoms with Crippen molar-refractivity contribution < 1.29 is 19.4 Å². The molecule has 1 atom stereocenters. The molecule has 0 bridgehead atoms. The maximum Gasteiger partial charge on any atom is 0.323 e. The van der Waals surface area contributed by atoms with Crippen LogP contribution in [0.1, 0.15) is 38.6 Å². The van der Waals surface area contributed by atoms with Crippen LogP contribution in [0.5, 0.6) is 0 Å². The highest BCUT2D eigenvalue weighted by Gasteiger charge is 2.47. The number of hydrogen-bond donors (Lipinski definition) is 1. The molecule has 0 amide bonds. The van der Waals surface area contributed by atoms with Crippen LogP contribution in [0, 0.1) is 12.3 Å². The Hall–Kier alpha value is -1.56. The van der Waals surface area contributed by atoms with Gasteiger partial charge in [0.15, 0.2) is 5.41 Å². The maximum atomic E-state index is 12.2. The molecule has 1 unspecified atom stereocenters. The molecule has 1 rings (SSSR count). The molecule has 7 heteroatoms. The molecule has 0 aliphatic heterocycles. The van der Waals surface area contributed by atoms with Gasteiger partial charge in [0.25, 0.3) is 0 Å². The van der Waals surface area contributed by atoms with Crippen molar-refractivity contribution >= 4 is 23.5 Å². The summed E-state index contributed by atoms with van der Waals surface area (Å²) in [7, 11) is 0. The zero-order valence-corrected chi connectivity index (χ0v) is 13.5. The molecule has 0 spiro atoms. The van der Waals surface area contributed by atoms with Crippen molar-refractivity contribution in [3.63, 3.8) is 0 Å². The van der Waals surface area contributed by atoms with Gasteiger partial charge in [-0.1, -0.05) is 18.5 Å². The van der Waals surface area contributed by atoms with E-state index in [0.717, 1.165) is 0 Å². The fraction of sp³-hybridized carbons (Fsp3) is 0.643. The fourth-order valence-corrected chi connectivity index (χ4v) is 2.45. The predicted molar refractivity (Wildman–Crippen MR) is 78.3 cm³/mol. The number of carboxylic acid groups (broad SMARTS) is 1. The average molecular weight is 317 g/mol. The number of aliphatic carboxylic acids is 1. The first kappa shape index (κ1) is 17.5. The molecule has 1 heterocycles. The Kier molecular flexibility index (Phi) is 5.78. The van der Waals surface area contributed by atoms with Crippen LogP contribution in [0.2, 0.25) is 5.02 Å². The van der Waals surface area contributed by atoms with E-state index in [0.29, 0.717) is 23.0 Å². The highest BCUT2D eigenvalue weighted by Crippen LogP contribution is 2.33. The first-order chi connectivity index (χ1) is 9.83. The van der Waals surface area contributed by atoms with Gasteiger partial charge in [0.1, 0.15) is 0 Å². The van der Waals surface area contributed by atoms with Crippen molar-refractivity contribution in [2.24, 2.45) is 5.41 Å². The van der Waals surface area contributed by atoms with Crippen LogP contribution < -0.4 is 0 Å². The lowest BCUT2D eigenvalue weighted by Crippen LogP contribution is -2.42. The molecule has 1 aromatic rings. The summed E-state index contributed by atoms with van der Waals surface area (Å²) in [6.45, 7) is 7.60. The van der Waals surface area contributed by atoms with E-state index in [1.807, 2.05) is 6.92 Å². The molecule has 1 N–H and O–H groups in total. The number of hydrogen-bond acceptors (Lipinski definition) is 4. The van der Waals surface area contributed by atoms with Gasteiger partial charge < -0.3 is 9.84 Å². The number of carbonyl (C=O) groups excluding carboxylic acids is 1. The second-order valence-electron chi connectivity index (χ2n) is 4.80. The number of ether oxygens (including phenoxy) is 1. The summed E-state index contributed by atoms with van der Waals surface area (Å²) in [6, 6.07) is 0. The summed E-state index contributed by atoms with van der Waals surface area (Å²) in [5.74, 6) is -1.95. The van der Waals surface area contributed by atoms with Gasteiger partial charge in [-0.2, -0.15) is 5.10 Å². The summed E-state index contributed by atoms with van der Waals surface area (Å²) < 4.78 is 6.59. The van der Waals surface area contributed by atoms with Crippen LogP contribution in [0.4, 0.5) is 0 Å². The highest BCUT2D eigenvalue weighted by molar-refractivity contribution is 6.31. The zero-order valence-electron chi connectivity index (χ0n) is 12.8. The van der Waals surface area contributed by atoms with E-state index in [1.165, 1.54) is 0 Å². The Morgan fingerprint density at radius 3 is 2.43 bits per heavy atom. The van der Waals surface area contributed by atoms with E-state index in [2.05, 4.69) is 5.10 Å². The first-order valence-electron chi connectivity index (χ1n) is 6.96. The van der Waals surface area contributed by atoms with Gasteiger partial charge in [-0.15, -0.1) is 0 Å². The molecule has 21 heavy (non-hydrogen) atoms. The van der Waals surface area contributed by atoms with Crippen molar-refractivity contribution in [1.29, 1.82) is 0 Å². The summed E-state index contributed by atoms with van der Waals surface area (Å²) in [5, 5.41) is 14.2. The van der Waals surface area contributed by atoms with Gasteiger partial charge in [-0.3, -0.25) is 14.3 Å². The van der Waals surface area contributed by atoms with E-state index in [9.17, 15) is 14.7 Å². The van der Waals surface area contributed by atoms with E-state index in [-0.39, 0.29) is 19.4 Å². The van der Waals surface area contributed by atoms with E-state index >= 15 is 0 Å². The van der Waals surface area contributed by atoms with Crippen LogP contribution in [0.15, 0.2) is 0 Å². The monoisotopic (exact) mass is 316 g/mol. The van der Waals surface area contributed by atoms with Crippen LogP contribution in [-0.2, 0) is 27.3 Å². The topological polar surface area (TPSA) is 81.4 Å². The minimum absolute atomic E-state index is 0.0365. The molecular weight excluding hydrogens is 296 g/mol. The largest absolute Gasteiger partial charge is 0.480 e. The van der Waals surface area contributed by atoms with Crippen LogP contribution in [0.3, 0.4) is 0 Å². The van der Waals surface area contributed by atoms with Gasteiger partial charge in [0, 0.05) is 13.0 Å². The molecule has 0 radical (unpaired) electrons. The lowest BCUT2D eigenvalue weighted by Gasteiger charge is -2.26. The third-order valence-electron chi connectivity index (χ3n) is 3.60. The van der Waals surface area contributed by atoms with Crippen molar-refractivity contribution in [1.82, 2.24) is 9.78 Å². The normalized spacial score (nSPS) is 13.8. The van der Waals surface area contributed by atoms with Crippen molar-refractivity contribution in [2.75, 3.05) is 6.61 Å². The fourth-order valence-electron chi connectivity index (χ4n) is 2.25. The molecule has 0 saturated carbocycles. The van der Waals surface area contributed by atoms with E-state index in [4.69, 9.17) is 16.3 Å². The van der Waals surface area contributed by atoms with Gasteiger partial charge in [-0.25, -0.2) is 0 Å². The molecule has 0 aliphatic carbocycles. The number of esters is 1. The van der Waals surface area contributed by atoms with Crippen LogP contribution >= 0.6 is 11.6 Å². The van der Waals surface area contributed by atoms with Gasteiger partial charge >= 0.3 is 11.9 Å². The number of nitrogens with zero attached hydrogens (tertiary/aromatic N) is 2. The Morgan fingerprint density at radius 1 is 1.38 bits per heavy atom. The number of carboxylic acids is 1. The lowest BCUT2D eigenvalue weighted by molar-refractivity contribution is -0.169. The Morgan fingerprint density at radius 2 is 2.00 bits per heavy atom. The second-order valence-corrected chi connectivity index (χ2v) is 5.18. The summed E-state index contributed by atoms with van der Waals surface area (Å²) in [6.07, 6.45) is 0.0800. The summed E-state index contributed by atoms with van der Waals surface area (Å²) in [5.41, 5.74) is -0.472. The van der Waals surface area contributed by atoms with Crippen molar-refractivity contribution in [2.45, 2.75) is 47.1 Å². The Labute approximate surface area is 129 Å². The standard InChI is InChI=1S/C14H21ClN2O4/c1-5-14(12(18)19,13(20)21-7-3)8-10-11(15)9(4)16-17(10)6-2/h5-8H2,1-4H3,(H,18,19). The van der Waals surface area contributed by atoms with Gasteiger partial charge in [-0.05, 0) is 27.2 Å².